The van der Waals surface area contributed by atoms with Crippen molar-refractivity contribution in [3.63, 3.8) is 0 Å². The van der Waals surface area contributed by atoms with Crippen molar-refractivity contribution >= 4 is 21.8 Å². The molecular formula is C23H32N2O6S. The monoisotopic (exact) mass is 464 g/mol. The van der Waals surface area contributed by atoms with E-state index in [-0.39, 0.29) is 29.1 Å². The fourth-order valence-electron chi connectivity index (χ4n) is 5.32. The van der Waals surface area contributed by atoms with Gasteiger partial charge in [-0.25, -0.2) is 18.0 Å². The molecular weight excluding hydrogens is 432 g/mol. The minimum Gasteiger partial charge on any atom is -0.478 e. The maximum atomic E-state index is 13.5. The Morgan fingerprint density at radius 2 is 1.81 bits per heavy atom. The predicted molar refractivity (Wildman–Crippen MR) is 118 cm³/mol. The summed E-state index contributed by atoms with van der Waals surface area (Å²) in [5, 5.41) is 8.48. The zero-order valence-corrected chi connectivity index (χ0v) is 19.1. The summed E-state index contributed by atoms with van der Waals surface area (Å²) in [5.41, 5.74) is -0.0570. The van der Waals surface area contributed by atoms with Gasteiger partial charge in [-0.1, -0.05) is 25.3 Å². The lowest BCUT2D eigenvalue weighted by atomic mass is 9.83. The average Bonchev–Trinajstić information content (AvgIpc) is 2.84. The number of nitrogens with zero attached hydrogens (tertiary/aromatic N) is 2. The van der Waals surface area contributed by atoms with E-state index in [0.717, 1.165) is 12.8 Å². The van der Waals surface area contributed by atoms with Gasteiger partial charge in [0.15, 0.2) is 9.84 Å². The largest absolute Gasteiger partial charge is 0.478 e. The smallest absolute Gasteiger partial charge is 0.335 e. The van der Waals surface area contributed by atoms with Crippen LogP contribution in [-0.4, -0.2) is 79.5 Å². The molecule has 2 saturated heterocycles. The number of benzene rings is 1. The Morgan fingerprint density at radius 3 is 2.56 bits per heavy atom. The van der Waals surface area contributed by atoms with Crippen LogP contribution < -0.4 is 0 Å². The molecule has 176 valence electrons. The highest BCUT2D eigenvalue weighted by atomic mass is 32.2. The molecule has 32 heavy (non-hydrogen) atoms. The maximum absolute atomic E-state index is 13.5. The first-order valence-electron chi connectivity index (χ1n) is 11.6. The molecule has 2 heterocycles. The molecule has 3 fully saturated rings. The molecule has 4 rings (SSSR count). The Kier molecular flexibility index (Phi) is 7.05. The lowest BCUT2D eigenvalue weighted by Crippen LogP contribution is -2.58. The van der Waals surface area contributed by atoms with Gasteiger partial charge in [-0.3, -0.25) is 0 Å². The molecule has 1 unspecified atom stereocenters. The van der Waals surface area contributed by atoms with Crippen LogP contribution in [0.25, 0.3) is 0 Å². The van der Waals surface area contributed by atoms with Crippen LogP contribution >= 0.6 is 0 Å². The van der Waals surface area contributed by atoms with Crippen molar-refractivity contribution in [1.82, 2.24) is 9.80 Å². The van der Waals surface area contributed by atoms with Crippen molar-refractivity contribution < 1.29 is 27.9 Å². The average molecular weight is 465 g/mol. The highest BCUT2D eigenvalue weighted by Gasteiger charge is 2.39. The molecule has 0 bridgehead atoms. The molecule has 0 aromatic heterocycles. The fourth-order valence-corrected chi connectivity index (χ4v) is 7.11. The molecule has 3 aliphatic rings. The number of amides is 2. The summed E-state index contributed by atoms with van der Waals surface area (Å²) >= 11 is 0. The molecule has 0 radical (unpaired) electrons. The van der Waals surface area contributed by atoms with Gasteiger partial charge in [0.2, 0.25) is 0 Å². The number of ether oxygens (including phenoxy) is 1. The summed E-state index contributed by atoms with van der Waals surface area (Å²) in [6.07, 6.45) is 6.88. The van der Waals surface area contributed by atoms with Crippen molar-refractivity contribution in [2.24, 2.45) is 5.92 Å². The lowest BCUT2D eigenvalue weighted by molar-refractivity contribution is -0.0237. The summed E-state index contributed by atoms with van der Waals surface area (Å²) in [4.78, 5) is 28.3. The lowest BCUT2D eigenvalue weighted by Gasteiger charge is -2.44. The van der Waals surface area contributed by atoms with Gasteiger partial charge in [-0.2, -0.15) is 0 Å². The topological polar surface area (TPSA) is 104 Å². The summed E-state index contributed by atoms with van der Waals surface area (Å²) in [6.45, 7) is 2.26. The number of likely N-dealkylation sites (tertiary alicyclic amines) is 1. The Hall–Kier alpha value is -2.13. The highest BCUT2D eigenvalue weighted by molar-refractivity contribution is 7.92. The first kappa shape index (κ1) is 23.0. The molecule has 1 N–H and O–H groups in total. The van der Waals surface area contributed by atoms with E-state index in [9.17, 15) is 23.1 Å². The molecule has 1 saturated carbocycles. The van der Waals surface area contributed by atoms with Crippen LogP contribution in [0.5, 0.6) is 0 Å². The molecule has 8 nitrogen and oxygen atoms in total. The van der Waals surface area contributed by atoms with Crippen LogP contribution in [0.15, 0.2) is 29.2 Å². The first-order chi connectivity index (χ1) is 15.4. The first-order valence-corrected chi connectivity index (χ1v) is 13.1. The van der Waals surface area contributed by atoms with Crippen LogP contribution in [0.1, 0.15) is 55.3 Å². The van der Waals surface area contributed by atoms with Crippen LogP contribution in [0.4, 0.5) is 4.79 Å². The maximum Gasteiger partial charge on any atom is 0.335 e. The number of carboxylic acids is 1. The van der Waals surface area contributed by atoms with E-state index in [1.54, 1.807) is 4.90 Å². The third kappa shape index (κ3) is 4.78. The molecule has 1 aromatic carbocycles. The number of carbonyl (C=O) groups excluding carboxylic acids is 1. The zero-order chi connectivity index (χ0) is 22.7. The van der Waals surface area contributed by atoms with Gasteiger partial charge in [-0.05, 0) is 49.8 Å². The van der Waals surface area contributed by atoms with E-state index in [2.05, 4.69) is 0 Å². The highest BCUT2D eigenvalue weighted by Crippen LogP contribution is 2.32. The fraction of sp³-hybridized carbons (Fsp3) is 0.652. The molecule has 1 aliphatic carbocycles. The minimum absolute atomic E-state index is 0.00292. The number of hydrogen-bond donors (Lipinski definition) is 1. The second-order valence-electron chi connectivity index (χ2n) is 9.10. The standard InChI is InChI=1S/C23H32N2O6S/c26-22(27)18-8-4-9-19(14-18)32(29,30)20-10-5-11-24(15-20)23(28)25-12-13-31-16-21(25)17-6-2-1-3-7-17/h4,8-9,14,17,20-21H,1-3,5-7,10-13,15-16H2,(H,26,27)/t20?,21-/m1/s1. The Labute approximate surface area is 189 Å². The number of hydrogen-bond acceptors (Lipinski definition) is 5. The minimum atomic E-state index is -3.75. The van der Waals surface area contributed by atoms with E-state index in [1.807, 2.05) is 4.90 Å². The van der Waals surface area contributed by atoms with Gasteiger partial charge in [0.25, 0.3) is 0 Å². The van der Waals surface area contributed by atoms with Crippen LogP contribution in [-0.2, 0) is 14.6 Å². The van der Waals surface area contributed by atoms with Crippen molar-refractivity contribution in [2.45, 2.75) is 61.1 Å². The number of carboxylic acid groups (broad SMARTS) is 1. The van der Waals surface area contributed by atoms with E-state index in [4.69, 9.17) is 4.74 Å². The summed E-state index contributed by atoms with van der Waals surface area (Å²) in [5.74, 6) is -0.723. The van der Waals surface area contributed by atoms with Crippen molar-refractivity contribution in [3.05, 3.63) is 29.8 Å². The number of sulfone groups is 1. The third-order valence-electron chi connectivity index (χ3n) is 7.10. The second kappa shape index (κ2) is 9.79. The normalized spacial score (nSPS) is 25.5. The van der Waals surface area contributed by atoms with Gasteiger partial charge in [-0.15, -0.1) is 0 Å². The van der Waals surface area contributed by atoms with Gasteiger partial charge in [0.05, 0.1) is 35.0 Å². The van der Waals surface area contributed by atoms with Crippen LogP contribution in [0.3, 0.4) is 0 Å². The molecule has 2 aliphatic heterocycles. The van der Waals surface area contributed by atoms with Crippen LogP contribution in [0, 0.1) is 5.92 Å². The molecule has 2 amide bonds. The van der Waals surface area contributed by atoms with Gasteiger partial charge < -0.3 is 19.6 Å². The van der Waals surface area contributed by atoms with Crippen molar-refractivity contribution in [2.75, 3.05) is 32.8 Å². The van der Waals surface area contributed by atoms with E-state index >= 15 is 0 Å². The van der Waals surface area contributed by atoms with E-state index in [1.165, 1.54) is 43.5 Å². The van der Waals surface area contributed by atoms with E-state index in [0.29, 0.717) is 45.1 Å². The number of morpholine rings is 1. The Morgan fingerprint density at radius 1 is 1.03 bits per heavy atom. The number of carbonyl (C=O) groups is 2. The molecule has 2 atom stereocenters. The van der Waals surface area contributed by atoms with Crippen molar-refractivity contribution in [3.8, 4) is 0 Å². The number of urea groups is 1. The van der Waals surface area contributed by atoms with Crippen LogP contribution in [0.2, 0.25) is 0 Å². The zero-order valence-electron chi connectivity index (χ0n) is 18.3. The van der Waals surface area contributed by atoms with Crippen molar-refractivity contribution in [1.29, 1.82) is 0 Å². The molecule has 9 heteroatoms. The van der Waals surface area contributed by atoms with Gasteiger partial charge in [0.1, 0.15) is 0 Å². The number of piperidine rings is 1. The van der Waals surface area contributed by atoms with E-state index < -0.39 is 21.1 Å². The number of rotatable bonds is 4. The third-order valence-corrected chi connectivity index (χ3v) is 9.28. The second-order valence-corrected chi connectivity index (χ2v) is 11.3. The van der Waals surface area contributed by atoms with Gasteiger partial charge in [0, 0.05) is 19.6 Å². The quantitative estimate of drug-likeness (QED) is 0.735. The molecule has 0 spiro atoms. The summed E-state index contributed by atoms with van der Waals surface area (Å²) in [7, 11) is -3.75. The predicted octanol–water partition coefficient (Wildman–Crippen LogP) is 3.02. The summed E-state index contributed by atoms with van der Waals surface area (Å²) in [6, 6.07) is 5.43. The SMILES string of the molecule is O=C(O)c1cccc(S(=O)(=O)C2CCCN(C(=O)N3CCOC[C@@H]3C3CCCCC3)C2)c1. The molecule has 1 aromatic rings. The Bertz CT molecular complexity index is 944. The van der Waals surface area contributed by atoms with Gasteiger partial charge >= 0.3 is 12.0 Å². The number of aromatic carboxylic acids is 1. The summed E-state index contributed by atoms with van der Waals surface area (Å²) < 4.78 is 32.2. The Balaban J connectivity index is 1.49.